The van der Waals surface area contributed by atoms with Gasteiger partial charge in [0.2, 0.25) is 0 Å². The van der Waals surface area contributed by atoms with Crippen molar-refractivity contribution < 1.29 is 20.1 Å². The molecule has 3 rings (SSSR count). The van der Waals surface area contributed by atoms with E-state index < -0.39 is 17.2 Å². The van der Waals surface area contributed by atoms with Gasteiger partial charge in [-0.2, -0.15) is 0 Å². The fraction of sp³-hybridized carbons (Fsp3) is 0.208. The summed E-state index contributed by atoms with van der Waals surface area (Å²) in [5, 5.41) is 32.9. The maximum absolute atomic E-state index is 12.2. The van der Waals surface area contributed by atoms with Crippen molar-refractivity contribution in [1.29, 1.82) is 0 Å². The fourth-order valence-electron chi connectivity index (χ4n) is 3.55. The first kappa shape index (κ1) is 19.8. The van der Waals surface area contributed by atoms with Gasteiger partial charge in [-0.3, -0.25) is 0 Å². The van der Waals surface area contributed by atoms with Crippen LogP contribution in [0.1, 0.15) is 16.7 Å². The van der Waals surface area contributed by atoms with Gasteiger partial charge in [0, 0.05) is 19.3 Å². The molecule has 0 saturated carbocycles. The molecule has 4 nitrogen and oxygen atoms in total. The molecule has 28 heavy (non-hydrogen) atoms. The van der Waals surface area contributed by atoms with Crippen LogP contribution < -0.4 is 0 Å². The molecule has 0 aliphatic rings. The number of carboxylic acid groups (broad SMARTS) is 1. The summed E-state index contributed by atoms with van der Waals surface area (Å²) in [6.07, 6.45) is -0.171. The van der Waals surface area contributed by atoms with E-state index in [0.29, 0.717) is 5.56 Å². The number of hydrogen-bond acceptors (Lipinski definition) is 3. The fourth-order valence-corrected chi connectivity index (χ4v) is 3.55. The lowest BCUT2D eigenvalue weighted by atomic mass is 9.71. The van der Waals surface area contributed by atoms with Crippen LogP contribution in [-0.4, -0.2) is 32.5 Å². The molecule has 1 atom stereocenters. The Morgan fingerprint density at radius 1 is 0.607 bits per heavy atom. The second-order valence-corrected chi connectivity index (χ2v) is 7.18. The van der Waals surface area contributed by atoms with E-state index in [4.69, 9.17) is 0 Å². The molecule has 0 aliphatic heterocycles. The van der Waals surface area contributed by atoms with Gasteiger partial charge in [0.15, 0.2) is 5.60 Å². The first-order chi connectivity index (χ1) is 13.4. The number of rotatable bonds is 8. The number of hydrogen-bond donors (Lipinski definition) is 3. The van der Waals surface area contributed by atoms with Gasteiger partial charge >= 0.3 is 5.97 Å². The third-order valence-electron chi connectivity index (χ3n) is 5.11. The molecule has 3 aromatic carbocycles. The summed E-state index contributed by atoms with van der Waals surface area (Å²) >= 11 is 0. The van der Waals surface area contributed by atoms with E-state index in [-0.39, 0.29) is 19.3 Å². The lowest BCUT2D eigenvalue weighted by Gasteiger charge is -2.41. The van der Waals surface area contributed by atoms with Crippen LogP contribution in [0.5, 0.6) is 0 Å². The topological polar surface area (TPSA) is 77.8 Å². The Kier molecular flexibility index (Phi) is 5.93. The number of carbonyl (C=O) groups is 1. The van der Waals surface area contributed by atoms with Crippen LogP contribution in [0.2, 0.25) is 0 Å². The Morgan fingerprint density at radius 3 is 1.25 bits per heavy atom. The van der Waals surface area contributed by atoms with Crippen molar-refractivity contribution in [3.63, 3.8) is 0 Å². The number of benzene rings is 3. The molecule has 0 fully saturated rings. The summed E-state index contributed by atoms with van der Waals surface area (Å²) in [7, 11) is 0. The molecule has 0 heterocycles. The first-order valence-corrected chi connectivity index (χ1v) is 9.23. The Morgan fingerprint density at radius 2 is 0.929 bits per heavy atom. The Hall–Kier alpha value is -2.95. The third-order valence-corrected chi connectivity index (χ3v) is 5.11. The van der Waals surface area contributed by atoms with Gasteiger partial charge < -0.3 is 15.3 Å². The van der Waals surface area contributed by atoms with Gasteiger partial charge in [-0.15, -0.1) is 0 Å². The van der Waals surface area contributed by atoms with Crippen LogP contribution >= 0.6 is 0 Å². The first-order valence-electron chi connectivity index (χ1n) is 9.23. The second-order valence-electron chi connectivity index (χ2n) is 7.18. The van der Waals surface area contributed by atoms with E-state index in [2.05, 4.69) is 0 Å². The van der Waals surface area contributed by atoms with Crippen molar-refractivity contribution in [2.24, 2.45) is 0 Å². The quantitative estimate of drug-likeness (QED) is 0.564. The highest BCUT2D eigenvalue weighted by molar-refractivity contribution is 5.79. The Balaban J connectivity index is 2.04. The molecule has 0 aliphatic carbocycles. The zero-order valence-electron chi connectivity index (χ0n) is 15.5. The lowest BCUT2D eigenvalue weighted by Crippen LogP contribution is -2.63. The molecule has 0 saturated heterocycles. The van der Waals surface area contributed by atoms with Gasteiger partial charge in [-0.25, -0.2) is 4.79 Å². The largest absolute Gasteiger partial charge is 0.479 e. The molecule has 4 heteroatoms. The predicted molar refractivity (Wildman–Crippen MR) is 108 cm³/mol. The van der Waals surface area contributed by atoms with Gasteiger partial charge in [0.25, 0.3) is 0 Å². The summed E-state index contributed by atoms with van der Waals surface area (Å²) in [4.78, 5) is 12.2. The summed E-state index contributed by atoms with van der Waals surface area (Å²) < 4.78 is 0. The SMILES string of the molecule is O=C(O)C(O)(Cc1ccccc1)C(O)(Cc1ccccc1)Cc1ccccc1. The van der Waals surface area contributed by atoms with E-state index >= 15 is 0 Å². The maximum atomic E-state index is 12.2. The van der Waals surface area contributed by atoms with Crippen molar-refractivity contribution in [3.8, 4) is 0 Å². The average molecular weight is 376 g/mol. The monoisotopic (exact) mass is 376 g/mol. The second kappa shape index (κ2) is 8.38. The van der Waals surface area contributed by atoms with Gasteiger partial charge in [-0.1, -0.05) is 91.0 Å². The summed E-state index contributed by atoms with van der Waals surface area (Å²) in [6, 6.07) is 27.2. The molecule has 0 bridgehead atoms. The van der Waals surface area contributed by atoms with E-state index in [0.717, 1.165) is 11.1 Å². The maximum Gasteiger partial charge on any atom is 0.339 e. The van der Waals surface area contributed by atoms with Crippen LogP contribution in [-0.2, 0) is 24.1 Å². The molecule has 1 unspecified atom stereocenters. The molecular formula is C24H24O4. The smallest absolute Gasteiger partial charge is 0.339 e. The molecule has 3 aromatic rings. The van der Waals surface area contributed by atoms with Crippen LogP contribution in [0.4, 0.5) is 0 Å². The Bertz CT molecular complexity index is 852. The van der Waals surface area contributed by atoms with Crippen molar-refractivity contribution in [2.45, 2.75) is 30.5 Å². The number of aliphatic hydroxyl groups is 2. The van der Waals surface area contributed by atoms with E-state index in [1.165, 1.54) is 0 Å². The highest BCUT2D eigenvalue weighted by Crippen LogP contribution is 2.34. The van der Waals surface area contributed by atoms with Gasteiger partial charge in [-0.05, 0) is 16.7 Å². The zero-order valence-corrected chi connectivity index (χ0v) is 15.5. The highest BCUT2D eigenvalue weighted by atomic mass is 16.4. The molecule has 0 aromatic heterocycles. The molecule has 0 radical (unpaired) electrons. The minimum Gasteiger partial charge on any atom is -0.479 e. The molecular weight excluding hydrogens is 352 g/mol. The molecule has 3 N–H and O–H groups in total. The predicted octanol–water partition coefficient (Wildman–Crippen LogP) is 3.26. The Labute approximate surface area is 164 Å². The van der Waals surface area contributed by atoms with Gasteiger partial charge in [0.1, 0.15) is 5.60 Å². The van der Waals surface area contributed by atoms with Crippen molar-refractivity contribution in [1.82, 2.24) is 0 Å². The van der Waals surface area contributed by atoms with E-state index in [1.807, 2.05) is 66.7 Å². The minimum atomic E-state index is -2.36. The average Bonchev–Trinajstić information content (AvgIpc) is 2.70. The summed E-state index contributed by atoms with van der Waals surface area (Å²) in [6.45, 7) is 0. The van der Waals surface area contributed by atoms with E-state index in [1.54, 1.807) is 24.3 Å². The standard InChI is InChI=1S/C24H24O4/c25-22(26)24(28,18-21-14-8-3-9-15-21)23(27,16-19-10-4-1-5-11-19)17-20-12-6-2-7-13-20/h1-15,27-28H,16-18H2,(H,25,26). The summed E-state index contributed by atoms with van der Waals surface area (Å²) in [5.74, 6) is -1.44. The van der Waals surface area contributed by atoms with Gasteiger partial charge in [0.05, 0.1) is 0 Å². The number of carboxylic acids is 1. The van der Waals surface area contributed by atoms with Crippen LogP contribution in [0.15, 0.2) is 91.0 Å². The highest BCUT2D eigenvalue weighted by Gasteiger charge is 2.55. The van der Waals surface area contributed by atoms with E-state index in [9.17, 15) is 20.1 Å². The van der Waals surface area contributed by atoms with Crippen LogP contribution in [0.25, 0.3) is 0 Å². The van der Waals surface area contributed by atoms with Crippen LogP contribution in [0, 0.1) is 0 Å². The molecule has 0 spiro atoms. The van der Waals surface area contributed by atoms with Crippen LogP contribution in [0.3, 0.4) is 0 Å². The zero-order chi connectivity index (χ0) is 20.0. The molecule has 144 valence electrons. The molecule has 0 amide bonds. The minimum absolute atomic E-state index is 0.0123. The van der Waals surface area contributed by atoms with Crippen molar-refractivity contribution >= 4 is 5.97 Å². The third kappa shape index (κ3) is 4.30. The lowest BCUT2D eigenvalue weighted by molar-refractivity contribution is -0.193. The normalized spacial score (nSPS) is 13.6. The van der Waals surface area contributed by atoms with Crippen molar-refractivity contribution in [3.05, 3.63) is 108 Å². The van der Waals surface area contributed by atoms with Crippen molar-refractivity contribution in [2.75, 3.05) is 0 Å². The summed E-state index contributed by atoms with van der Waals surface area (Å²) in [5.41, 5.74) is -2.11. The number of aliphatic carboxylic acids is 1.